The van der Waals surface area contributed by atoms with Crippen LogP contribution >= 0.6 is 0 Å². The molecule has 8 heteroatoms. The zero-order chi connectivity index (χ0) is 14.9. The molecule has 1 aromatic heterocycles. The number of carboxylic acids is 1. The molecule has 106 valence electrons. The Balaban J connectivity index is 2.28. The van der Waals surface area contributed by atoms with Crippen LogP contribution in [0.5, 0.6) is 0 Å². The number of halogens is 3. The van der Waals surface area contributed by atoms with Gasteiger partial charge < -0.3 is 10.0 Å². The first-order valence-corrected chi connectivity index (χ1v) is 5.73. The summed E-state index contributed by atoms with van der Waals surface area (Å²) in [6.07, 6.45) is -3.26. The summed E-state index contributed by atoms with van der Waals surface area (Å²) < 4.78 is 38.6. The van der Waals surface area contributed by atoms with E-state index in [0.717, 1.165) is 0 Å². The van der Waals surface area contributed by atoms with Gasteiger partial charge in [-0.25, -0.2) is 4.98 Å². The third kappa shape index (κ3) is 2.66. The fraction of sp³-hybridized carbons (Fsp3) is 0.417. The Morgan fingerprint density at radius 1 is 1.50 bits per heavy atom. The van der Waals surface area contributed by atoms with Crippen LogP contribution in [0.1, 0.15) is 5.69 Å². The average Bonchev–Trinajstić information content (AvgIpc) is 2.84. The van der Waals surface area contributed by atoms with Gasteiger partial charge >= 0.3 is 12.1 Å². The van der Waals surface area contributed by atoms with E-state index < -0.39 is 30.5 Å². The summed E-state index contributed by atoms with van der Waals surface area (Å²) in [7, 11) is 0. The number of anilines is 1. The van der Waals surface area contributed by atoms with Gasteiger partial charge in [0.05, 0.1) is 11.8 Å². The van der Waals surface area contributed by atoms with E-state index in [1.165, 1.54) is 23.2 Å². The number of hydrogen-bond acceptors (Lipinski definition) is 4. The molecule has 1 aliphatic rings. The van der Waals surface area contributed by atoms with Gasteiger partial charge in [-0.2, -0.15) is 18.4 Å². The largest absolute Gasteiger partial charge is 0.481 e. The Morgan fingerprint density at radius 3 is 2.70 bits per heavy atom. The number of carboxylic acid groups (broad SMARTS) is 1. The molecule has 1 fully saturated rings. The maximum absolute atomic E-state index is 12.9. The molecule has 2 atom stereocenters. The Labute approximate surface area is 112 Å². The molecule has 1 aromatic rings. The number of carbonyl (C=O) groups is 1. The van der Waals surface area contributed by atoms with Crippen LogP contribution in [0, 0.1) is 23.2 Å². The minimum Gasteiger partial charge on any atom is -0.481 e. The SMILES string of the molecule is N#Cc1cc(N2C[C@@H](C(F)(F)F)[C@H](C(=O)O)C2)ccn1. The maximum Gasteiger partial charge on any atom is 0.394 e. The lowest BCUT2D eigenvalue weighted by molar-refractivity contribution is -0.187. The van der Waals surface area contributed by atoms with Gasteiger partial charge in [-0.3, -0.25) is 4.79 Å². The van der Waals surface area contributed by atoms with Gasteiger partial charge in [0.1, 0.15) is 11.8 Å². The lowest BCUT2D eigenvalue weighted by atomic mass is 9.96. The van der Waals surface area contributed by atoms with E-state index in [4.69, 9.17) is 10.4 Å². The summed E-state index contributed by atoms with van der Waals surface area (Å²) in [5.41, 5.74) is 0.444. The van der Waals surface area contributed by atoms with E-state index in [2.05, 4.69) is 4.98 Å². The molecule has 0 unspecified atom stereocenters. The van der Waals surface area contributed by atoms with Crippen molar-refractivity contribution in [3.8, 4) is 6.07 Å². The molecule has 1 N–H and O–H groups in total. The molecular formula is C12H10F3N3O2. The highest BCUT2D eigenvalue weighted by Crippen LogP contribution is 2.39. The normalized spacial score (nSPS) is 22.6. The van der Waals surface area contributed by atoms with E-state index >= 15 is 0 Å². The van der Waals surface area contributed by atoms with Gasteiger partial charge in [-0.05, 0) is 12.1 Å². The molecule has 0 spiro atoms. The quantitative estimate of drug-likeness (QED) is 0.894. The van der Waals surface area contributed by atoms with Crippen LogP contribution in [0.25, 0.3) is 0 Å². The second-order valence-corrected chi connectivity index (χ2v) is 4.51. The highest BCUT2D eigenvalue weighted by Gasteiger charge is 2.52. The fourth-order valence-electron chi connectivity index (χ4n) is 2.27. The van der Waals surface area contributed by atoms with Crippen LogP contribution in [0.3, 0.4) is 0 Å². The first kappa shape index (κ1) is 14.1. The molecule has 1 saturated heterocycles. The van der Waals surface area contributed by atoms with Gasteiger partial charge in [0.15, 0.2) is 0 Å². The van der Waals surface area contributed by atoms with Gasteiger partial charge in [0.2, 0.25) is 0 Å². The Kier molecular flexibility index (Phi) is 3.53. The van der Waals surface area contributed by atoms with Crippen LogP contribution < -0.4 is 4.90 Å². The lowest BCUT2D eigenvalue weighted by Crippen LogP contribution is -2.33. The van der Waals surface area contributed by atoms with Crippen molar-refractivity contribution in [2.75, 3.05) is 18.0 Å². The van der Waals surface area contributed by atoms with E-state index in [1.807, 2.05) is 0 Å². The Morgan fingerprint density at radius 2 is 2.20 bits per heavy atom. The van der Waals surface area contributed by atoms with Crippen molar-refractivity contribution in [1.29, 1.82) is 5.26 Å². The molecule has 20 heavy (non-hydrogen) atoms. The van der Waals surface area contributed by atoms with E-state index in [-0.39, 0.29) is 12.2 Å². The molecular weight excluding hydrogens is 275 g/mol. The van der Waals surface area contributed by atoms with Gasteiger partial charge in [-0.15, -0.1) is 0 Å². The minimum atomic E-state index is -4.57. The summed E-state index contributed by atoms with van der Waals surface area (Å²) in [5, 5.41) is 17.6. The second kappa shape index (κ2) is 5.00. The standard InChI is InChI=1S/C12H10F3N3O2/c13-12(14,15)10-6-18(5-9(10)11(19)20)8-1-2-17-7(3-8)4-16/h1-3,9-10H,5-6H2,(H,19,20)/t9-,10-/m1/s1. The van der Waals surface area contributed by atoms with E-state index in [0.29, 0.717) is 5.69 Å². The first-order valence-electron chi connectivity index (χ1n) is 5.73. The zero-order valence-electron chi connectivity index (χ0n) is 10.1. The molecule has 2 heterocycles. The number of nitriles is 1. The van der Waals surface area contributed by atoms with Crippen molar-refractivity contribution in [3.05, 3.63) is 24.0 Å². The van der Waals surface area contributed by atoms with Crippen molar-refractivity contribution in [2.45, 2.75) is 6.18 Å². The molecule has 5 nitrogen and oxygen atoms in total. The maximum atomic E-state index is 12.9. The molecule has 0 bridgehead atoms. The van der Waals surface area contributed by atoms with E-state index in [1.54, 1.807) is 6.07 Å². The van der Waals surface area contributed by atoms with Gasteiger partial charge in [-0.1, -0.05) is 0 Å². The molecule has 0 amide bonds. The predicted molar refractivity (Wildman–Crippen MR) is 61.8 cm³/mol. The van der Waals surface area contributed by atoms with Crippen LogP contribution in [0.2, 0.25) is 0 Å². The van der Waals surface area contributed by atoms with Crippen molar-refractivity contribution < 1.29 is 23.1 Å². The summed E-state index contributed by atoms with van der Waals surface area (Å²) >= 11 is 0. The second-order valence-electron chi connectivity index (χ2n) is 4.51. The topological polar surface area (TPSA) is 77.2 Å². The van der Waals surface area contributed by atoms with Gasteiger partial charge in [0.25, 0.3) is 0 Å². The molecule has 0 radical (unpaired) electrons. The molecule has 0 aliphatic carbocycles. The zero-order valence-corrected chi connectivity index (χ0v) is 10.1. The number of hydrogen-bond donors (Lipinski definition) is 1. The van der Waals surface area contributed by atoms with Crippen molar-refractivity contribution in [1.82, 2.24) is 4.98 Å². The number of aliphatic carboxylic acids is 1. The fourth-order valence-corrected chi connectivity index (χ4v) is 2.27. The molecule has 0 aromatic carbocycles. The molecule has 1 aliphatic heterocycles. The Hall–Kier alpha value is -2.30. The number of alkyl halides is 3. The number of pyridine rings is 1. The van der Waals surface area contributed by atoms with Crippen LogP contribution in [-0.2, 0) is 4.79 Å². The number of rotatable bonds is 2. The third-order valence-corrected chi connectivity index (χ3v) is 3.28. The number of aromatic nitrogens is 1. The van der Waals surface area contributed by atoms with Crippen molar-refractivity contribution >= 4 is 11.7 Å². The lowest BCUT2D eigenvalue weighted by Gasteiger charge is -2.19. The highest BCUT2D eigenvalue weighted by atomic mass is 19.4. The first-order chi connectivity index (χ1) is 9.32. The van der Waals surface area contributed by atoms with Gasteiger partial charge in [0, 0.05) is 25.0 Å². The summed E-state index contributed by atoms with van der Waals surface area (Å²) in [6, 6.07) is 4.59. The molecule has 2 rings (SSSR count). The summed E-state index contributed by atoms with van der Waals surface area (Å²) in [5.74, 6) is -4.89. The minimum absolute atomic E-state index is 0.0739. The predicted octanol–water partition coefficient (Wildman–Crippen LogP) is 1.65. The van der Waals surface area contributed by atoms with E-state index in [9.17, 15) is 18.0 Å². The van der Waals surface area contributed by atoms with Crippen LogP contribution in [0.15, 0.2) is 18.3 Å². The van der Waals surface area contributed by atoms with Crippen LogP contribution in [0.4, 0.5) is 18.9 Å². The third-order valence-electron chi connectivity index (χ3n) is 3.28. The molecule has 0 saturated carbocycles. The summed E-state index contributed by atoms with van der Waals surface area (Å²) in [6.45, 7) is -0.677. The highest BCUT2D eigenvalue weighted by molar-refractivity contribution is 5.73. The smallest absolute Gasteiger partial charge is 0.394 e. The van der Waals surface area contributed by atoms with Crippen molar-refractivity contribution in [2.24, 2.45) is 11.8 Å². The Bertz CT molecular complexity index is 568. The summed E-state index contributed by atoms with van der Waals surface area (Å²) in [4.78, 5) is 16.0. The number of nitrogens with zero attached hydrogens (tertiary/aromatic N) is 3. The monoisotopic (exact) mass is 285 g/mol. The van der Waals surface area contributed by atoms with Crippen LogP contribution in [-0.4, -0.2) is 35.3 Å². The average molecular weight is 285 g/mol. The van der Waals surface area contributed by atoms with Crippen molar-refractivity contribution in [3.63, 3.8) is 0 Å².